The van der Waals surface area contributed by atoms with Crippen LogP contribution in [0, 0.1) is 28.9 Å². The maximum Gasteiger partial charge on any atom is 0.490 e. The number of nitrogens with one attached hydrogen (secondary N) is 1. The predicted molar refractivity (Wildman–Crippen MR) is 132 cm³/mol. The molecular weight excluding hydrogens is 528 g/mol. The first-order valence-corrected chi connectivity index (χ1v) is 11.9. The molecular formula is C26H25F6N5O2. The third-order valence-electron chi connectivity index (χ3n) is 5.95. The molecule has 0 amide bonds. The summed E-state index contributed by atoms with van der Waals surface area (Å²) in [6.07, 6.45) is -5.71. The summed E-state index contributed by atoms with van der Waals surface area (Å²) in [6, 6.07) is 10.3. The molecule has 1 aromatic heterocycles. The number of rotatable bonds is 5. The van der Waals surface area contributed by atoms with Gasteiger partial charge >= 0.3 is 12.1 Å². The van der Waals surface area contributed by atoms with E-state index in [0.717, 1.165) is 18.2 Å². The van der Waals surface area contributed by atoms with Gasteiger partial charge in [0.1, 0.15) is 17.8 Å². The number of fused-ring (bicyclic) bond motifs is 1. The molecule has 1 saturated heterocycles. The van der Waals surface area contributed by atoms with Gasteiger partial charge in [-0.15, -0.1) is 0 Å². The Balaban J connectivity index is 0.000000532. The van der Waals surface area contributed by atoms with E-state index in [1.165, 1.54) is 0 Å². The van der Waals surface area contributed by atoms with E-state index in [4.69, 9.17) is 19.9 Å². The highest BCUT2D eigenvalue weighted by molar-refractivity contribution is 5.82. The molecule has 208 valence electrons. The topological polar surface area (TPSA) is 102 Å². The van der Waals surface area contributed by atoms with E-state index in [9.17, 15) is 27.2 Å². The fraction of sp³-hybridized carbons (Fsp3) is 0.385. The van der Waals surface area contributed by atoms with Gasteiger partial charge in [-0.2, -0.15) is 18.4 Å². The summed E-state index contributed by atoms with van der Waals surface area (Å²) in [5.74, 6) is -3.27. The predicted octanol–water partition coefficient (Wildman–Crippen LogP) is 6.16. The van der Waals surface area contributed by atoms with Gasteiger partial charge in [-0.1, -0.05) is 0 Å². The molecule has 7 nitrogen and oxygen atoms in total. The van der Waals surface area contributed by atoms with E-state index in [-0.39, 0.29) is 11.6 Å². The molecule has 0 bridgehead atoms. The van der Waals surface area contributed by atoms with Crippen LogP contribution in [0.5, 0.6) is 0 Å². The highest BCUT2D eigenvalue weighted by Gasteiger charge is 2.38. The number of nitrogens with zero attached hydrogens (tertiary/aromatic N) is 4. The van der Waals surface area contributed by atoms with Gasteiger partial charge in [-0.05, 0) is 69.0 Å². The Bertz CT molecular complexity index is 1370. The van der Waals surface area contributed by atoms with Crippen molar-refractivity contribution in [1.29, 1.82) is 5.26 Å². The number of aromatic nitrogens is 2. The first-order chi connectivity index (χ1) is 18.3. The van der Waals surface area contributed by atoms with E-state index in [0.29, 0.717) is 54.2 Å². The van der Waals surface area contributed by atoms with Crippen molar-refractivity contribution in [3.05, 3.63) is 59.2 Å². The number of anilines is 2. The van der Waals surface area contributed by atoms with Crippen LogP contribution in [0.25, 0.3) is 11.0 Å². The van der Waals surface area contributed by atoms with Crippen LogP contribution >= 0.6 is 0 Å². The molecule has 2 heterocycles. The van der Waals surface area contributed by atoms with Gasteiger partial charge in [0.2, 0.25) is 0 Å². The van der Waals surface area contributed by atoms with E-state index in [1.807, 2.05) is 18.7 Å². The summed E-state index contributed by atoms with van der Waals surface area (Å²) in [4.78, 5) is 20.4. The maximum atomic E-state index is 15.0. The summed E-state index contributed by atoms with van der Waals surface area (Å²) in [6.45, 7) is 5.02. The number of carboxylic acids is 1. The molecule has 1 fully saturated rings. The lowest BCUT2D eigenvalue weighted by atomic mass is 9.88. The van der Waals surface area contributed by atoms with Crippen LogP contribution in [-0.2, 0) is 4.79 Å². The molecule has 0 aliphatic carbocycles. The molecule has 4 rings (SSSR count). The maximum absolute atomic E-state index is 15.0. The van der Waals surface area contributed by atoms with E-state index >= 15 is 4.39 Å². The molecule has 2 N–H and O–H groups in total. The highest BCUT2D eigenvalue weighted by atomic mass is 19.4. The molecule has 2 aromatic carbocycles. The van der Waals surface area contributed by atoms with Crippen molar-refractivity contribution >= 4 is 28.6 Å². The monoisotopic (exact) mass is 553 g/mol. The first-order valence-electron chi connectivity index (χ1n) is 11.9. The minimum absolute atomic E-state index is 0.127. The smallest absolute Gasteiger partial charge is 0.475 e. The lowest BCUT2D eigenvalue weighted by molar-refractivity contribution is -0.192. The van der Waals surface area contributed by atoms with Gasteiger partial charge in [-0.25, -0.2) is 27.9 Å². The molecule has 1 unspecified atom stereocenters. The van der Waals surface area contributed by atoms with Crippen molar-refractivity contribution in [3.63, 3.8) is 0 Å². The van der Waals surface area contributed by atoms with Gasteiger partial charge in [0, 0.05) is 24.7 Å². The fourth-order valence-corrected chi connectivity index (χ4v) is 4.09. The Labute approximate surface area is 220 Å². The van der Waals surface area contributed by atoms with Crippen LogP contribution in [0.1, 0.15) is 44.0 Å². The van der Waals surface area contributed by atoms with Crippen LogP contribution < -0.4 is 10.2 Å². The second kappa shape index (κ2) is 12.2. The van der Waals surface area contributed by atoms with E-state index < -0.39 is 35.9 Å². The zero-order valence-corrected chi connectivity index (χ0v) is 20.9. The molecule has 0 spiro atoms. The van der Waals surface area contributed by atoms with Crippen LogP contribution in [0.3, 0.4) is 0 Å². The summed E-state index contributed by atoms with van der Waals surface area (Å²) in [7, 11) is 0. The lowest BCUT2D eigenvalue weighted by Crippen LogP contribution is -2.36. The molecule has 0 radical (unpaired) electrons. The second-order valence-electron chi connectivity index (χ2n) is 9.21. The Hall–Kier alpha value is -4.08. The van der Waals surface area contributed by atoms with Crippen LogP contribution in [0.4, 0.5) is 38.0 Å². The highest BCUT2D eigenvalue weighted by Crippen LogP contribution is 2.37. The third-order valence-corrected chi connectivity index (χ3v) is 5.95. The summed E-state index contributed by atoms with van der Waals surface area (Å²) >= 11 is 0. The molecule has 1 atom stereocenters. The van der Waals surface area contributed by atoms with Crippen molar-refractivity contribution in [2.75, 3.05) is 23.3 Å². The number of aliphatic carboxylic acids is 1. The number of nitriles is 1. The van der Waals surface area contributed by atoms with Gasteiger partial charge in [-0.3, -0.25) is 0 Å². The number of piperidine rings is 1. The average molecular weight is 554 g/mol. The zero-order valence-electron chi connectivity index (χ0n) is 20.9. The first kappa shape index (κ1) is 29.5. The number of hydrogen-bond donors (Lipinski definition) is 2. The van der Waals surface area contributed by atoms with Crippen molar-refractivity contribution in [2.45, 2.75) is 45.1 Å². The average Bonchev–Trinajstić information content (AvgIpc) is 2.88. The summed E-state index contributed by atoms with van der Waals surface area (Å²) < 4.78 is 74.3. The Kier molecular flexibility index (Phi) is 9.21. The second-order valence-corrected chi connectivity index (χ2v) is 9.21. The van der Waals surface area contributed by atoms with Crippen LogP contribution in [0.2, 0.25) is 0 Å². The van der Waals surface area contributed by atoms with E-state index in [2.05, 4.69) is 11.4 Å². The van der Waals surface area contributed by atoms with Crippen molar-refractivity contribution < 1.29 is 36.2 Å². The SMILES string of the molecule is CC(C)Nc1nc2ccc(C#N)cc2nc1N1CCC(C(F)c2cc(F)ccc2F)CC1.O=C(O)C(F)(F)F. The quantitative estimate of drug-likeness (QED) is 0.365. The number of alkyl halides is 4. The van der Waals surface area contributed by atoms with Crippen molar-refractivity contribution in [2.24, 2.45) is 5.92 Å². The van der Waals surface area contributed by atoms with E-state index in [1.54, 1.807) is 18.2 Å². The largest absolute Gasteiger partial charge is 0.490 e. The number of halogens is 6. The van der Waals surface area contributed by atoms with Crippen molar-refractivity contribution in [3.8, 4) is 6.07 Å². The number of benzene rings is 2. The Morgan fingerprint density at radius 3 is 2.31 bits per heavy atom. The number of carbonyl (C=O) groups is 1. The third kappa shape index (κ3) is 7.49. The molecule has 3 aromatic rings. The minimum Gasteiger partial charge on any atom is -0.475 e. The van der Waals surface area contributed by atoms with Gasteiger partial charge in [0.25, 0.3) is 0 Å². The van der Waals surface area contributed by atoms with Crippen LogP contribution in [-0.4, -0.2) is 46.4 Å². The minimum atomic E-state index is -5.08. The zero-order chi connectivity index (χ0) is 28.9. The molecule has 39 heavy (non-hydrogen) atoms. The molecule has 0 saturated carbocycles. The lowest BCUT2D eigenvalue weighted by Gasteiger charge is -2.35. The molecule has 1 aliphatic heterocycles. The number of carboxylic acid groups (broad SMARTS) is 1. The van der Waals surface area contributed by atoms with Gasteiger partial charge in [0.05, 0.1) is 22.7 Å². The molecule has 13 heteroatoms. The fourth-order valence-electron chi connectivity index (χ4n) is 4.09. The van der Waals surface area contributed by atoms with Crippen LogP contribution in [0.15, 0.2) is 36.4 Å². The Morgan fingerprint density at radius 2 is 1.74 bits per heavy atom. The number of hydrogen-bond acceptors (Lipinski definition) is 6. The van der Waals surface area contributed by atoms with Gasteiger partial charge < -0.3 is 15.3 Å². The Morgan fingerprint density at radius 1 is 1.10 bits per heavy atom. The van der Waals surface area contributed by atoms with Crippen molar-refractivity contribution in [1.82, 2.24) is 9.97 Å². The summed E-state index contributed by atoms with van der Waals surface area (Å²) in [5.41, 5.74) is 1.57. The van der Waals surface area contributed by atoms with Gasteiger partial charge in [0.15, 0.2) is 11.6 Å². The normalized spacial score (nSPS) is 14.9. The standard InChI is InChI=1S/C24H24F3N5.C2HF3O2/c1-14(2)29-23-24(31-21-11-15(13-28)3-6-20(21)30-23)32-9-7-16(8-10-32)22(27)18-12-17(25)4-5-19(18)26;3-2(4,5)1(6)7/h3-6,11-12,14,16,22H,7-10H2,1-2H3,(H,29,30);(H,6,7). The molecule has 1 aliphatic rings. The summed E-state index contributed by atoms with van der Waals surface area (Å²) in [5, 5.41) is 19.6.